The van der Waals surface area contributed by atoms with Gasteiger partial charge < -0.3 is 0 Å². The molecule has 4 heteroatoms. The van der Waals surface area contributed by atoms with Crippen molar-refractivity contribution in [2.45, 2.75) is 12.8 Å². The molecular weight excluding hydrogens is 371 g/mol. The van der Waals surface area contributed by atoms with Gasteiger partial charge in [-0.05, 0) is 59.3 Å². The lowest BCUT2D eigenvalue weighted by Crippen LogP contribution is -1.99. The van der Waals surface area contributed by atoms with Gasteiger partial charge in [-0.2, -0.15) is 0 Å². The van der Waals surface area contributed by atoms with Crippen molar-refractivity contribution in [3.8, 4) is 5.69 Å². The van der Waals surface area contributed by atoms with Crippen LogP contribution in [0.25, 0.3) is 16.7 Å². The Kier molecular flexibility index (Phi) is 3.50. The van der Waals surface area contributed by atoms with Crippen LogP contribution in [0.3, 0.4) is 0 Å². The van der Waals surface area contributed by atoms with E-state index in [0.717, 1.165) is 22.5 Å². The maximum Gasteiger partial charge on any atom is 0.129 e. The highest BCUT2D eigenvalue weighted by molar-refractivity contribution is 14.1. The van der Waals surface area contributed by atoms with Crippen LogP contribution in [0.15, 0.2) is 42.5 Å². The van der Waals surface area contributed by atoms with E-state index < -0.39 is 0 Å². The fourth-order valence-corrected chi connectivity index (χ4v) is 2.99. The molecule has 0 fully saturated rings. The quantitative estimate of drug-likeness (QED) is 0.465. The number of halogens is 2. The standard InChI is InChI=1S/C15H12ClIN2/c1-10-4-2-7-13-15(10)18-14(9-16)19(13)12-6-3-5-11(17)8-12/h2-8H,9H2,1H3. The van der Waals surface area contributed by atoms with Gasteiger partial charge in [-0.15, -0.1) is 11.6 Å². The van der Waals surface area contributed by atoms with Gasteiger partial charge in [0, 0.05) is 9.26 Å². The Morgan fingerprint density at radius 1 is 1.21 bits per heavy atom. The maximum absolute atomic E-state index is 6.06. The Morgan fingerprint density at radius 3 is 2.74 bits per heavy atom. The van der Waals surface area contributed by atoms with E-state index in [2.05, 4.69) is 81.5 Å². The molecule has 0 aliphatic rings. The monoisotopic (exact) mass is 382 g/mol. The molecule has 3 aromatic rings. The van der Waals surface area contributed by atoms with Gasteiger partial charge in [0.25, 0.3) is 0 Å². The molecule has 0 atom stereocenters. The van der Waals surface area contributed by atoms with E-state index in [1.165, 1.54) is 9.13 Å². The summed E-state index contributed by atoms with van der Waals surface area (Å²) in [5.41, 5.74) is 4.42. The SMILES string of the molecule is Cc1cccc2c1nc(CCl)n2-c1cccc(I)c1. The summed E-state index contributed by atoms with van der Waals surface area (Å²) >= 11 is 8.38. The lowest BCUT2D eigenvalue weighted by atomic mass is 10.2. The van der Waals surface area contributed by atoms with E-state index in [0.29, 0.717) is 5.88 Å². The minimum absolute atomic E-state index is 0.402. The molecule has 0 unspecified atom stereocenters. The number of aryl methyl sites for hydroxylation is 1. The molecular formula is C15H12ClIN2. The molecule has 3 rings (SSSR count). The molecule has 0 spiro atoms. The van der Waals surface area contributed by atoms with Crippen molar-refractivity contribution >= 4 is 45.2 Å². The van der Waals surface area contributed by atoms with Gasteiger partial charge in [-0.1, -0.05) is 18.2 Å². The Labute approximate surface area is 130 Å². The van der Waals surface area contributed by atoms with E-state index in [1.54, 1.807) is 0 Å². The van der Waals surface area contributed by atoms with Crippen molar-refractivity contribution in [1.29, 1.82) is 0 Å². The smallest absolute Gasteiger partial charge is 0.129 e. The van der Waals surface area contributed by atoms with Gasteiger partial charge in [-0.3, -0.25) is 4.57 Å². The number of hydrogen-bond donors (Lipinski definition) is 0. The molecule has 0 N–H and O–H groups in total. The Morgan fingerprint density at radius 2 is 2.00 bits per heavy atom. The molecule has 1 aromatic heterocycles. The van der Waals surface area contributed by atoms with Crippen molar-refractivity contribution in [3.63, 3.8) is 0 Å². The van der Waals surface area contributed by atoms with Gasteiger partial charge in [0.2, 0.25) is 0 Å². The fraction of sp³-hybridized carbons (Fsp3) is 0.133. The van der Waals surface area contributed by atoms with Gasteiger partial charge >= 0.3 is 0 Å². The zero-order chi connectivity index (χ0) is 13.4. The summed E-state index contributed by atoms with van der Waals surface area (Å²) in [4.78, 5) is 4.67. The van der Waals surface area contributed by atoms with Crippen LogP contribution in [-0.4, -0.2) is 9.55 Å². The zero-order valence-corrected chi connectivity index (χ0v) is 13.3. The van der Waals surface area contributed by atoms with E-state index in [-0.39, 0.29) is 0 Å². The summed E-state index contributed by atoms with van der Waals surface area (Å²) < 4.78 is 3.34. The minimum Gasteiger partial charge on any atom is -0.295 e. The molecule has 0 aliphatic heterocycles. The molecule has 0 saturated carbocycles. The van der Waals surface area contributed by atoms with Crippen molar-refractivity contribution in [2.75, 3.05) is 0 Å². The third-order valence-corrected chi connectivity index (χ3v) is 4.05. The third kappa shape index (κ3) is 2.25. The number of hydrogen-bond acceptors (Lipinski definition) is 1. The van der Waals surface area contributed by atoms with Crippen LogP contribution in [0.4, 0.5) is 0 Å². The average molecular weight is 383 g/mol. The summed E-state index contributed by atoms with van der Waals surface area (Å²) in [5, 5.41) is 0. The van der Waals surface area contributed by atoms with Gasteiger partial charge in [0.1, 0.15) is 5.82 Å². The summed E-state index contributed by atoms with van der Waals surface area (Å²) in [6.45, 7) is 2.08. The third-order valence-electron chi connectivity index (χ3n) is 3.14. The average Bonchev–Trinajstić information content (AvgIpc) is 2.78. The second-order valence-electron chi connectivity index (χ2n) is 4.42. The van der Waals surface area contributed by atoms with Crippen molar-refractivity contribution in [3.05, 3.63) is 57.4 Å². The topological polar surface area (TPSA) is 17.8 Å². The molecule has 0 amide bonds. The summed E-state index contributed by atoms with van der Waals surface area (Å²) in [6, 6.07) is 14.6. The maximum atomic E-state index is 6.06. The Balaban J connectivity index is 2.36. The number of fused-ring (bicyclic) bond motifs is 1. The van der Waals surface area contributed by atoms with E-state index in [4.69, 9.17) is 11.6 Å². The molecule has 1 heterocycles. The Bertz CT molecular complexity index is 749. The van der Waals surface area contributed by atoms with E-state index in [1.807, 2.05) is 0 Å². The molecule has 19 heavy (non-hydrogen) atoms. The van der Waals surface area contributed by atoms with Crippen LogP contribution in [0.2, 0.25) is 0 Å². The largest absolute Gasteiger partial charge is 0.295 e. The molecule has 2 nitrogen and oxygen atoms in total. The number of aromatic nitrogens is 2. The molecule has 0 radical (unpaired) electrons. The highest BCUT2D eigenvalue weighted by Gasteiger charge is 2.12. The number of para-hydroxylation sites is 1. The van der Waals surface area contributed by atoms with Crippen LogP contribution >= 0.6 is 34.2 Å². The lowest BCUT2D eigenvalue weighted by molar-refractivity contribution is 0.981. The summed E-state index contributed by atoms with van der Waals surface area (Å²) in [7, 11) is 0. The van der Waals surface area contributed by atoms with Crippen LogP contribution < -0.4 is 0 Å². The molecule has 96 valence electrons. The molecule has 0 saturated heterocycles. The van der Waals surface area contributed by atoms with E-state index >= 15 is 0 Å². The number of benzene rings is 2. The lowest BCUT2D eigenvalue weighted by Gasteiger charge is -2.08. The second kappa shape index (κ2) is 5.13. The first-order valence-corrected chi connectivity index (χ1v) is 7.61. The molecule has 0 aliphatic carbocycles. The minimum atomic E-state index is 0.402. The zero-order valence-electron chi connectivity index (χ0n) is 10.4. The highest BCUT2D eigenvalue weighted by Crippen LogP contribution is 2.25. The number of rotatable bonds is 2. The van der Waals surface area contributed by atoms with Crippen molar-refractivity contribution in [1.82, 2.24) is 9.55 Å². The second-order valence-corrected chi connectivity index (χ2v) is 5.93. The van der Waals surface area contributed by atoms with Crippen molar-refractivity contribution < 1.29 is 0 Å². The summed E-state index contributed by atoms with van der Waals surface area (Å²) in [6.07, 6.45) is 0. The van der Waals surface area contributed by atoms with Gasteiger partial charge in [0.15, 0.2) is 0 Å². The predicted molar refractivity (Wildman–Crippen MR) is 88.1 cm³/mol. The first-order chi connectivity index (χ1) is 9.20. The van der Waals surface area contributed by atoms with Crippen LogP contribution in [0, 0.1) is 10.5 Å². The van der Waals surface area contributed by atoms with Crippen LogP contribution in [-0.2, 0) is 5.88 Å². The first-order valence-electron chi connectivity index (χ1n) is 5.99. The fourth-order valence-electron chi connectivity index (χ4n) is 2.28. The van der Waals surface area contributed by atoms with Crippen LogP contribution in [0.5, 0.6) is 0 Å². The highest BCUT2D eigenvalue weighted by atomic mass is 127. The number of alkyl halides is 1. The van der Waals surface area contributed by atoms with E-state index in [9.17, 15) is 0 Å². The summed E-state index contributed by atoms with van der Waals surface area (Å²) in [5.74, 6) is 1.28. The van der Waals surface area contributed by atoms with Gasteiger partial charge in [0.05, 0.1) is 16.9 Å². The van der Waals surface area contributed by atoms with Crippen LogP contribution in [0.1, 0.15) is 11.4 Å². The van der Waals surface area contributed by atoms with Crippen molar-refractivity contribution in [2.24, 2.45) is 0 Å². The predicted octanol–water partition coefficient (Wildman–Crippen LogP) is 4.68. The Hall–Kier alpha value is -1.07. The molecule has 2 aromatic carbocycles. The molecule has 0 bridgehead atoms. The van der Waals surface area contributed by atoms with Gasteiger partial charge in [-0.25, -0.2) is 4.98 Å². The number of nitrogens with zero attached hydrogens (tertiary/aromatic N) is 2. The first kappa shape index (κ1) is 12.9. The normalized spacial score (nSPS) is 11.1. The number of imidazole rings is 1.